The first-order valence-electron chi connectivity index (χ1n) is 6.71. The number of aryl methyl sites for hydroxylation is 1. The van der Waals surface area contributed by atoms with Crippen molar-refractivity contribution in [2.24, 2.45) is 0 Å². The van der Waals surface area contributed by atoms with Crippen molar-refractivity contribution in [2.75, 3.05) is 7.05 Å². The van der Waals surface area contributed by atoms with Gasteiger partial charge < -0.3 is 9.73 Å². The first-order chi connectivity index (χ1) is 10.1. The molecule has 2 nitrogen and oxygen atoms in total. The van der Waals surface area contributed by atoms with Crippen molar-refractivity contribution in [1.82, 2.24) is 5.32 Å². The van der Waals surface area contributed by atoms with Crippen LogP contribution in [0.1, 0.15) is 22.7 Å². The molecule has 0 radical (unpaired) electrons. The van der Waals surface area contributed by atoms with Crippen molar-refractivity contribution >= 4 is 11.0 Å². The molecule has 0 bridgehead atoms. The van der Waals surface area contributed by atoms with Gasteiger partial charge in [-0.2, -0.15) is 0 Å². The predicted octanol–water partition coefficient (Wildman–Crippen LogP) is 4.33. The average Bonchev–Trinajstić information content (AvgIpc) is 2.92. The number of fused-ring (bicyclic) bond motifs is 1. The smallest absolute Gasteiger partial charge is 0.164 e. The molecule has 1 heterocycles. The molecule has 1 aromatic heterocycles. The van der Waals surface area contributed by atoms with E-state index in [1.54, 1.807) is 32.4 Å². The van der Waals surface area contributed by atoms with Crippen LogP contribution in [0.4, 0.5) is 8.78 Å². The Bertz CT molecular complexity index is 795. The molecule has 2 aromatic carbocycles. The molecule has 0 aliphatic carbocycles. The van der Waals surface area contributed by atoms with Gasteiger partial charge in [-0.15, -0.1) is 0 Å². The summed E-state index contributed by atoms with van der Waals surface area (Å²) in [6.07, 6.45) is 1.59. The topological polar surface area (TPSA) is 25.2 Å². The van der Waals surface area contributed by atoms with Gasteiger partial charge in [0.15, 0.2) is 11.6 Å². The average molecular weight is 287 g/mol. The fourth-order valence-electron chi connectivity index (χ4n) is 2.58. The van der Waals surface area contributed by atoms with Crippen LogP contribution >= 0.6 is 0 Å². The molecule has 0 aliphatic heterocycles. The van der Waals surface area contributed by atoms with Crippen LogP contribution in [-0.2, 0) is 0 Å². The first kappa shape index (κ1) is 13.8. The standard InChI is InChI=1S/C17H15F2NO/c1-10-7-8-12(16(19)15(10)18)17(20-2)13-9-21-14-6-4-3-5-11(13)14/h3-9,17,20H,1-2H3. The lowest BCUT2D eigenvalue weighted by Gasteiger charge is -2.17. The molecule has 21 heavy (non-hydrogen) atoms. The predicted molar refractivity (Wildman–Crippen MR) is 78.2 cm³/mol. The van der Waals surface area contributed by atoms with Gasteiger partial charge >= 0.3 is 0 Å². The molecule has 3 aromatic rings. The zero-order valence-corrected chi connectivity index (χ0v) is 11.8. The highest BCUT2D eigenvalue weighted by molar-refractivity contribution is 5.81. The molecule has 1 N–H and O–H groups in total. The van der Waals surface area contributed by atoms with Crippen molar-refractivity contribution in [3.8, 4) is 0 Å². The molecular formula is C17H15F2NO. The molecule has 108 valence electrons. The van der Waals surface area contributed by atoms with Gasteiger partial charge in [0.05, 0.1) is 12.3 Å². The van der Waals surface area contributed by atoms with E-state index >= 15 is 0 Å². The zero-order chi connectivity index (χ0) is 15.0. The van der Waals surface area contributed by atoms with Crippen LogP contribution in [0.25, 0.3) is 11.0 Å². The summed E-state index contributed by atoms with van der Waals surface area (Å²) >= 11 is 0. The second kappa shape index (κ2) is 5.30. The monoisotopic (exact) mass is 287 g/mol. The second-order valence-corrected chi connectivity index (χ2v) is 5.01. The highest BCUT2D eigenvalue weighted by atomic mass is 19.2. The molecule has 3 rings (SSSR count). The number of benzene rings is 2. The van der Waals surface area contributed by atoms with E-state index in [0.717, 1.165) is 16.5 Å². The van der Waals surface area contributed by atoms with Crippen LogP contribution in [0, 0.1) is 18.6 Å². The van der Waals surface area contributed by atoms with Crippen LogP contribution in [0.3, 0.4) is 0 Å². The fraction of sp³-hybridized carbons (Fsp3) is 0.176. The van der Waals surface area contributed by atoms with E-state index in [1.165, 1.54) is 0 Å². The summed E-state index contributed by atoms with van der Waals surface area (Å²) in [5, 5.41) is 3.92. The number of hydrogen-bond donors (Lipinski definition) is 1. The first-order valence-corrected chi connectivity index (χ1v) is 6.71. The van der Waals surface area contributed by atoms with Gasteiger partial charge in [-0.05, 0) is 25.6 Å². The molecule has 0 fully saturated rings. The van der Waals surface area contributed by atoms with Gasteiger partial charge in [0.2, 0.25) is 0 Å². The molecule has 1 atom stereocenters. The Morgan fingerprint density at radius 1 is 1.00 bits per heavy atom. The van der Waals surface area contributed by atoms with Gasteiger partial charge in [0, 0.05) is 16.5 Å². The summed E-state index contributed by atoms with van der Waals surface area (Å²) in [5.41, 5.74) is 2.08. The summed E-state index contributed by atoms with van der Waals surface area (Å²) < 4.78 is 33.6. The van der Waals surface area contributed by atoms with Gasteiger partial charge in [-0.25, -0.2) is 8.78 Å². The maximum absolute atomic E-state index is 14.2. The Labute approximate surface area is 121 Å². The lowest BCUT2D eigenvalue weighted by molar-refractivity contribution is 0.481. The molecule has 0 saturated heterocycles. The van der Waals surface area contributed by atoms with E-state index in [4.69, 9.17) is 4.42 Å². The van der Waals surface area contributed by atoms with E-state index in [9.17, 15) is 8.78 Å². The minimum absolute atomic E-state index is 0.271. The Morgan fingerprint density at radius 3 is 2.52 bits per heavy atom. The van der Waals surface area contributed by atoms with Gasteiger partial charge in [0.1, 0.15) is 5.58 Å². The summed E-state index contributed by atoms with van der Waals surface area (Å²) in [5.74, 6) is -1.62. The van der Waals surface area contributed by atoms with Crippen LogP contribution < -0.4 is 5.32 Å². The minimum atomic E-state index is -0.820. The number of nitrogens with one attached hydrogen (secondary N) is 1. The molecule has 4 heteroatoms. The van der Waals surface area contributed by atoms with E-state index in [0.29, 0.717) is 5.56 Å². The lowest BCUT2D eigenvalue weighted by atomic mass is 9.96. The van der Waals surface area contributed by atoms with Crippen molar-refractivity contribution < 1.29 is 13.2 Å². The highest BCUT2D eigenvalue weighted by Crippen LogP contribution is 2.32. The lowest BCUT2D eigenvalue weighted by Crippen LogP contribution is -2.19. The number of rotatable bonds is 3. The number of hydrogen-bond acceptors (Lipinski definition) is 2. The molecule has 0 amide bonds. The van der Waals surface area contributed by atoms with Gasteiger partial charge in [-0.3, -0.25) is 0 Å². The maximum Gasteiger partial charge on any atom is 0.164 e. The largest absolute Gasteiger partial charge is 0.464 e. The quantitative estimate of drug-likeness (QED) is 0.775. The Hall–Kier alpha value is -2.20. The van der Waals surface area contributed by atoms with Crippen molar-refractivity contribution in [3.63, 3.8) is 0 Å². The number of para-hydroxylation sites is 1. The normalized spacial score (nSPS) is 12.8. The number of halogens is 2. The third-order valence-electron chi connectivity index (χ3n) is 3.73. The molecule has 0 aliphatic rings. The van der Waals surface area contributed by atoms with Crippen LogP contribution in [0.15, 0.2) is 47.1 Å². The van der Waals surface area contributed by atoms with E-state index in [1.807, 2.05) is 24.3 Å². The molecule has 0 spiro atoms. The third kappa shape index (κ3) is 2.21. The molecular weight excluding hydrogens is 272 g/mol. The van der Waals surface area contributed by atoms with Crippen LogP contribution in [-0.4, -0.2) is 7.05 Å². The summed E-state index contributed by atoms with van der Waals surface area (Å²) in [6, 6.07) is 10.2. The van der Waals surface area contributed by atoms with Crippen molar-refractivity contribution in [1.29, 1.82) is 0 Å². The third-order valence-corrected chi connectivity index (χ3v) is 3.73. The van der Waals surface area contributed by atoms with Crippen LogP contribution in [0.5, 0.6) is 0 Å². The van der Waals surface area contributed by atoms with E-state index in [2.05, 4.69) is 5.32 Å². The second-order valence-electron chi connectivity index (χ2n) is 5.01. The molecule has 0 saturated carbocycles. The van der Waals surface area contributed by atoms with Gasteiger partial charge in [0.25, 0.3) is 0 Å². The van der Waals surface area contributed by atoms with Gasteiger partial charge in [-0.1, -0.05) is 30.3 Å². The summed E-state index contributed by atoms with van der Waals surface area (Å²) in [4.78, 5) is 0. The Morgan fingerprint density at radius 2 is 1.76 bits per heavy atom. The SMILES string of the molecule is CNC(c1ccc(C)c(F)c1F)c1coc2ccccc12. The van der Waals surface area contributed by atoms with E-state index in [-0.39, 0.29) is 5.56 Å². The zero-order valence-electron chi connectivity index (χ0n) is 11.8. The van der Waals surface area contributed by atoms with Crippen molar-refractivity contribution in [2.45, 2.75) is 13.0 Å². The Kier molecular flexibility index (Phi) is 3.47. The number of furan rings is 1. The summed E-state index contributed by atoms with van der Waals surface area (Å²) in [6.45, 7) is 1.55. The minimum Gasteiger partial charge on any atom is -0.464 e. The highest BCUT2D eigenvalue weighted by Gasteiger charge is 2.22. The fourth-order valence-corrected chi connectivity index (χ4v) is 2.58. The van der Waals surface area contributed by atoms with Crippen molar-refractivity contribution in [3.05, 3.63) is 71.0 Å². The Balaban J connectivity index is 2.17. The maximum atomic E-state index is 14.2. The summed E-state index contributed by atoms with van der Waals surface area (Å²) in [7, 11) is 1.71. The van der Waals surface area contributed by atoms with Crippen LogP contribution in [0.2, 0.25) is 0 Å². The van der Waals surface area contributed by atoms with E-state index < -0.39 is 17.7 Å². The molecule has 1 unspecified atom stereocenters.